The lowest BCUT2D eigenvalue weighted by atomic mass is 10.0. The van der Waals surface area contributed by atoms with E-state index < -0.39 is 24.3 Å². The number of allylic oxidation sites excluding steroid dienone is 12. The minimum Gasteiger partial charge on any atom is -0.477 e. The molecular weight excluding hydrogens is 911 g/mol. The number of nitrogens with zero attached hydrogens (tertiary/aromatic N) is 1. The summed E-state index contributed by atoms with van der Waals surface area (Å²) in [6.45, 7) is 4.85. The summed E-state index contributed by atoms with van der Waals surface area (Å²) in [5.41, 5.74) is 0. The molecule has 0 aliphatic heterocycles. The van der Waals surface area contributed by atoms with Crippen molar-refractivity contribution in [2.45, 2.75) is 270 Å². The molecule has 0 radical (unpaired) electrons. The number of carboxylic acids is 1. The summed E-state index contributed by atoms with van der Waals surface area (Å²) in [5.74, 6) is -2.02. The molecule has 0 fully saturated rings. The highest BCUT2D eigenvalue weighted by Gasteiger charge is 2.25. The summed E-state index contributed by atoms with van der Waals surface area (Å²) in [6.07, 6.45) is 68.3. The van der Waals surface area contributed by atoms with E-state index in [9.17, 15) is 19.5 Å². The topological polar surface area (TPSA) is 108 Å². The van der Waals surface area contributed by atoms with Crippen LogP contribution in [-0.4, -0.2) is 87.4 Å². The minimum atomic E-state index is -1.52. The Kier molecular flexibility index (Phi) is 52.5. The number of aliphatic carboxylic acids is 1. The summed E-state index contributed by atoms with van der Waals surface area (Å²) < 4.78 is 22.9. The van der Waals surface area contributed by atoms with Crippen LogP contribution in [0.1, 0.15) is 258 Å². The molecule has 1 N–H and O–H groups in total. The first-order chi connectivity index (χ1) is 35.6. The van der Waals surface area contributed by atoms with Gasteiger partial charge in [-0.15, -0.1) is 0 Å². The molecule has 9 nitrogen and oxygen atoms in total. The molecule has 0 spiro atoms. The molecule has 9 heteroatoms. The lowest BCUT2D eigenvalue weighted by molar-refractivity contribution is -0.870. The Bertz CT molecular complexity index is 1420. The predicted octanol–water partition coefficient (Wildman–Crippen LogP) is 17.8. The predicted molar refractivity (Wildman–Crippen MR) is 309 cm³/mol. The van der Waals surface area contributed by atoms with Crippen molar-refractivity contribution in [2.24, 2.45) is 0 Å². The molecule has 0 amide bonds. The van der Waals surface area contributed by atoms with E-state index in [4.69, 9.17) is 18.9 Å². The average molecular weight is 1030 g/mol. The van der Waals surface area contributed by atoms with Crippen LogP contribution in [0.4, 0.5) is 0 Å². The second kappa shape index (κ2) is 55.0. The van der Waals surface area contributed by atoms with Gasteiger partial charge in [-0.25, -0.2) is 4.79 Å². The molecule has 0 saturated carbocycles. The fourth-order valence-electron chi connectivity index (χ4n) is 8.26. The highest BCUT2D eigenvalue weighted by Crippen LogP contribution is 2.16. The van der Waals surface area contributed by atoms with Gasteiger partial charge in [-0.2, -0.15) is 0 Å². The molecule has 422 valence electrons. The monoisotopic (exact) mass is 1020 g/mol. The number of carboxylic acid groups (broad SMARTS) is 1. The first kappa shape index (κ1) is 69.7. The van der Waals surface area contributed by atoms with E-state index in [1.807, 2.05) is 21.1 Å². The first-order valence-electron chi connectivity index (χ1n) is 30.1. The van der Waals surface area contributed by atoms with E-state index in [2.05, 4.69) is 86.8 Å². The van der Waals surface area contributed by atoms with E-state index in [0.29, 0.717) is 17.4 Å². The van der Waals surface area contributed by atoms with Gasteiger partial charge in [-0.05, 0) is 89.9 Å². The van der Waals surface area contributed by atoms with Gasteiger partial charge in [-0.3, -0.25) is 9.59 Å². The Morgan fingerprint density at radius 3 is 1.10 bits per heavy atom. The summed E-state index contributed by atoms with van der Waals surface area (Å²) in [4.78, 5) is 37.5. The number of esters is 2. The average Bonchev–Trinajstić information content (AvgIpc) is 3.36. The summed E-state index contributed by atoms with van der Waals surface area (Å²) in [7, 11) is 5.96. The van der Waals surface area contributed by atoms with Crippen LogP contribution in [0, 0.1) is 0 Å². The zero-order valence-corrected chi connectivity index (χ0v) is 48.0. The van der Waals surface area contributed by atoms with Gasteiger partial charge < -0.3 is 28.5 Å². The standard InChI is InChI=1S/C64H113NO8/c1-6-8-10-12-14-16-18-20-22-24-26-28-29-30-31-32-33-35-37-39-41-43-45-47-49-51-53-55-62(67)73-60(59-72-64(63(68)69)70-57-56-65(3,4)5)58-71-61(66)54-52-50-48-46-44-42-40-38-36-34-27-25-23-21-19-17-15-13-11-9-7-2/h18-21,24-27,29-30,36,38,60,64H,6-17,22-23,28,31-35,37,39-59H2,1-5H3/p+1/b20-18-,21-19-,26-24-,27-25-,30-29-,38-36-. The number of carbonyl (C=O) groups excluding carboxylic acids is 2. The van der Waals surface area contributed by atoms with Gasteiger partial charge in [0.05, 0.1) is 34.4 Å². The summed E-state index contributed by atoms with van der Waals surface area (Å²) in [5, 5.41) is 9.71. The van der Waals surface area contributed by atoms with Crippen molar-refractivity contribution in [2.75, 3.05) is 47.5 Å². The zero-order valence-electron chi connectivity index (χ0n) is 48.0. The van der Waals surface area contributed by atoms with Crippen LogP contribution in [0.5, 0.6) is 0 Å². The number of ether oxygens (including phenoxy) is 4. The third-order valence-corrected chi connectivity index (χ3v) is 12.9. The van der Waals surface area contributed by atoms with Crippen LogP contribution in [0.2, 0.25) is 0 Å². The van der Waals surface area contributed by atoms with Gasteiger partial charge >= 0.3 is 17.9 Å². The molecule has 0 rings (SSSR count). The SMILES string of the molecule is CCCCCCC/C=C\C/C=C\C/C=C\CCCCCCCCCCCCCCC(=O)OC(COC(=O)CCCCCCCC/C=C\C/C=C\C/C=C\CCCCCCC)COC(OCC[N+](C)(C)C)C(=O)O. The second-order valence-electron chi connectivity index (χ2n) is 21.3. The van der Waals surface area contributed by atoms with Crippen molar-refractivity contribution in [1.29, 1.82) is 0 Å². The first-order valence-corrected chi connectivity index (χ1v) is 30.1. The number of hydrogen-bond acceptors (Lipinski definition) is 7. The Hall–Kier alpha value is -3.27. The van der Waals surface area contributed by atoms with E-state index >= 15 is 0 Å². The van der Waals surface area contributed by atoms with E-state index in [-0.39, 0.29) is 38.6 Å². The van der Waals surface area contributed by atoms with Crippen molar-refractivity contribution in [3.05, 3.63) is 72.9 Å². The van der Waals surface area contributed by atoms with E-state index in [1.54, 1.807) is 0 Å². The number of unbranched alkanes of at least 4 members (excludes halogenated alkanes) is 28. The number of rotatable bonds is 55. The normalized spacial score (nSPS) is 13.3. The molecule has 0 aliphatic rings. The summed E-state index contributed by atoms with van der Waals surface area (Å²) >= 11 is 0. The minimum absolute atomic E-state index is 0.182. The van der Waals surface area contributed by atoms with Crippen LogP contribution in [-0.2, 0) is 33.3 Å². The maximum Gasteiger partial charge on any atom is 0.361 e. The number of hydrogen-bond donors (Lipinski definition) is 1. The third-order valence-electron chi connectivity index (χ3n) is 12.9. The van der Waals surface area contributed by atoms with Gasteiger partial charge in [0, 0.05) is 12.8 Å². The summed E-state index contributed by atoms with van der Waals surface area (Å²) in [6, 6.07) is 0. The van der Waals surface area contributed by atoms with Crippen LogP contribution in [0.3, 0.4) is 0 Å². The van der Waals surface area contributed by atoms with E-state index in [0.717, 1.165) is 77.0 Å². The molecule has 0 aromatic rings. The van der Waals surface area contributed by atoms with Gasteiger partial charge in [-0.1, -0.05) is 228 Å². The Morgan fingerprint density at radius 2 is 0.740 bits per heavy atom. The smallest absolute Gasteiger partial charge is 0.361 e. The number of quaternary nitrogens is 1. The molecule has 2 unspecified atom stereocenters. The maximum atomic E-state index is 12.9. The highest BCUT2D eigenvalue weighted by molar-refractivity contribution is 5.71. The van der Waals surface area contributed by atoms with Crippen LogP contribution < -0.4 is 0 Å². The number of carbonyl (C=O) groups is 3. The van der Waals surface area contributed by atoms with Gasteiger partial charge in [0.1, 0.15) is 13.2 Å². The van der Waals surface area contributed by atoms with Crippen molar-refractivity contribution >= 4 is 17.9 Å². The molecule has 0 heterocycles. The zero-order chi connectivity index (χ0) is 53.4. The second-order valence-corrected chi connectivity index (χ2v) is 21.3. The number of likely N-dealkylation sites (N-methyl/N-ethyl adjacent to an activating group) is 1. The Balaban J connectivity index is 4.26. The largest absolute Gasteiger partial charge is 0.477 e. The fraction of sp³-hybridized carbons (Fsp3) is 0.766. The Labute approximate surface area is 449 Å². The van der Waals surface area contributed by atoms with Crippen molar-refractivity contribution in [1.82, 2.24) is 0 Å². The quantitative estimate of drug-likeness (QED) is 0.0211. The van der Waals surface area contributed by atoms with Crippen LogP contribution >= 0.6 is 0 Å². The maximum absolute atomic E-state index is 12.9. The lowest BCUT2D eigenvalue weighted by Gasteiger charge is -2.25. The molecule has 0 aromatic heterocycles. The van der Waals surface area contributed by atoms with E-state index in [1.165, 1.54) is 148 Å². The fourth-order valence-corrected chi connectivity index (χ4v) is 8.26. The molecule has 0 aliphatic carbocycles. The van der Waals surface area contributed by atoms with Crippen LogP contribution in [0.25, 0.3) is 0 Å². The highest BCUT2D eigenvalue weighted by atomic mass is 16.7. The van der Waals surface area contributed by atoms with Crippen molar-refractivity contribution in [3.8, 4) is 0 Å². The lowest BCUT2D eigenvalue weighted by Crippen LogP contribution is -2.40. The molecular formula is C64H114NO8+. The van der Waals surface area contributed by atoms with Crippen LogP contribution in [0.15, 0.2) is 72.9 Å². The third kappa shape index (κ3) is 56.3. The molecule has 2 atom stereocenters. The van der Waals surface area contributed by atoms with Gasteiger partial charge in [0.15, 0.2) is 6.10 Å². The molecule has 73 heavy (non-hydrogen) atoms. The van der Waals surface area contributed by atoms with Crippen molar-refractivity contribution in [3.63, 3.8) is 0 Å². The molecule has 0 bridgehead atoms. The van der Waals surface area contributed by atoms with Gasteiger partial charge in [0.25, 0.3) is 6.29 Å². The Morgan fingerprint density at radius 1 is 0.411 bits per heavy atom. The molecule has 0 saturated heterocycles. The van der Waals surface area contributed by atoms with Crippen molar-refractivity contribution < 1.29 is 42.9 Å². The molecule has 0 aromatic carbocycles. The van der Waals surface area contributed by atoms with Gasteiger partial charge in [0.2, 0.25) is 0 Å².